The van der Waals surface area contributed by atoms with Gasteiger partial charge in [-0.15, -0.1) is 0 Å². The minimum absolute atomic E-state index is 0.0267. The first-order valence-electron chi connectivity index (χ1n) is 11.0. The number of rotatable bonds is 7. The Balaban J connectivity index is 1.76. The molecule has 1 heterocycles. The summed E-state index contributed by atoms with van der Waals surface area (Å²) in [5.74, 6) is 1.52. The summed E-state index contributed by atoms with van der Waals surface area (Å²) in [5, 5.41) is 0. The van der Waals surface area contributed by atoms with E-state index in [1.54, 1.807) is 26.5 Å². The van der Waals surface area contributed by atoms with Crippen molar-refractivity contribution in [1.29, 1.82) is 0 Å². The fourth-order valence-electron chi connectivity index (χ4n) is 4.54. The molecule has 0 bridgehead atoms. The van der Waals surface area contributed by atoms with Crippen LogP contribution in [0.15, 0.2) is 48.7 Å². The molecule has 0 saturated heterocycles. The Morgan fingerprint density at radius 2 is 1.91 bits per heavy atom. The summed E-state index contributed by atoms with van der Waals surface area (Å²) in [7, 11) is 7.14. The number of nitrogens with zero attached hydrogens (tertiary/aromatic N) is 2. The molecule has 1 aliphatic carbocycles. The second kappa shape index (κ2) is 9.25. The molecular formula is C26H32N2O4. The van der Waals surface area contributed by atoms with Crippen molar-refractivity contribution in [1.82, 2.24) is 4.90 Å². The largest absolute Gasteiger partial charge is 0.497 e. The average molecular weight is 437 g/mol. The molecule has 1 aliphatic heterocycles. The summed E-state index contributed by atoms with van der Waals surface area (Å²) >= 11 is 0. The van der Waals surface area contributed by atoms with Crippen LogP contribution in [0.2, 0.25) is 0 Å². The van der Waals surface area contributed by atoms with Crippen molar-refractivity contribution in [2.45, 2.75) is 31.2 Å². The van der Waals surface area contributed by atoms with Crippen LogP contribution in [-0.2, 0) is 16.7 Å². The number of carbonyl (C=O) groups excluding carboxylic acids is 1. The highest BCUT2D eigenvalue weighted by Crippen LogP contribution is 2.52. The van der Waals surface area contributed by atoms with Gasteiger partial charge in [0.1, 0.15) is 18.2 Å². The highest BCUT2D eigenvalue weighted by atomic mass is 16.5. The van der Waals surface area contributed by atoms with Crippen LogP contribution in [0.1, 0.15) is 40.7 Å². The van der Waals surface area contributed by atoms with E-state index in [1.807, 2.05) is 37.2 Å². The minimum atomic E-state index is -0.0567. The predicted molar refractivity (Wildman–Crippen MR) is 126 cm³/mol. The van der Waals surface area contributed by atoms with E-state index in [0.717, 1.165) is 41.2 Å². The zero-order valence-corrected chi connectivity index (χ0v) is 19.4. The number of methoxy groups -OCH3 is 2. The van der Waals surface area contributed by atoms with Crippen LogP contribution in [0.3, 0.4) is 0 Å². The lowest BCUT2D eigenvalue weighted by molar-refractivity contribution is 0.0530. The number of hydrogen-bond donors (Lipinski definition) is 0. The van der Waals surface area contributed by atoms with Crippen molar-refractivity contribution in [2.75, 3.05) is 46.6 Å². The van der Waals surface area contributed by atoms with Crippen LogP contribution in [0.4, 0.5) is 5.69 Å². The topological polar surface area (TPSA) is 51.2 Å². The second-order valence-corrected chi connectivity index (χ2v) is 8.88. The average Bonchev–Trinajstić information content (AvgIpc) is 2.94. The number of ether oxygens (including phenoxy) is 3. The van der Waals surface area contributed by atoms with Crippen molar-refractivity contribution in [3.05, 3.63) is 65.4 Å². The minimum Gasteiger partial charge on any atom is -0.497 e. The molecule has 0 radical (unpaired) electrons. The van der Waals surface area contributed by atoms with E-state index in [9.17, 15) is 4.79 Å². The molecule has 2 aliphatic rings. The third kappa shape index (κ3) is 4.32. The van der Waals surface area contributed by atoms with E-state index >= 15 is 0 Å². The first kappa shape index (κ1) is 22.2. The van der Waals surface area contributed by atoms with Gasteiger partial charge < -0.3 is 24.0 Å². The Morgan fingerprint density at radius 3 is 2.50 bits per heavy atom. The molecule has 2 aromatic rings. The Bertz CT molecular complexity index is 994. The molecule has 4 rings (SSSR count). The number of carbonyl (C=O) groups is 1. The second-order valence-electron chi connectivity index (χ2n) is 8.88. The normalized spacial score (nSPS) is 16.9. The maximum Gasteiger partial charge on any atom is 0.187 e. The van der Waals surface area contributed by atoms with Crippen molar-refractivity contribution in [2.24, 2.45) is 0 Å². The maximum atomic E-state index is 12.9. The highest BCUT2D eigenvalue weighted by molar-refractivity contribution is 6.05. The molecule has 32 heavy (non-hydrogen) atoms. The number of hydrogen-bond acceptors (Lipinski definition) is 6. The molecule has 6 heteroatoms. The van der Waals surface area contributed by atoms with Crippen molar-refractivity contribution >= 4 is 11.5 Å². The van der Waals surface area contributed by atoms with Crippen molar-refractivity contribution in [3.8, 4) is 11.5 Å². The monoisotopic (exact) mass is 436 g/mol. The van der Waals surface area contributed by atoms with Gasteiger partial charge in [-0.05, 0) is 48.2 Å². The summed E-state index contributed by atoms with van der Waals surface area (Å²) in [6.45, 7) is 1.82. The van der Waals surface area contributed by atoms with E-state index in [-0.39, 0.29) is 11.2 Å². The predicted octanol–water partition coefficient (Wildman–Crippen LogP) is 4.38. The zero-order chi connectivity index (χ0) is 22.7. The lowest BCUT2D eigenvalue weighted by Gasteiger charge is -2.42. The van der Waals surface area contributed by atoms with Crippen LogP contribution < -0.4 is 14.4 Å². The molecule has 0 amide bonds. The van der Waals surface area contributed by atoms with Crippen LogP contribution in [-0.4, -0.2) is 52.3 Å². The van der Waals surface area contributed by atoms with Gasteiger partial charge in [-0.2, -0.15) is 0 Å². The molecule has 170 valence electrons. The van der Waals surface area contributed by atoms with Gasteiger partial charge in [0, 0.05) is 43.9 Å². The van der Waals surface area contributed by atoms with Gasteiger partial charge in [0.15, 0.2) is 5.78 Å². The molecular weight excluding hydrogens is 404 g/mol. The van der Waals surface area contributed by atoms with E-state index in [1.165, 1.54) is 6.42 Å². The Kier molecular flexibility index (Phi) is 6.42. The molecule has 0 unspecified atom stereocenters. The summed E-state index contributed by atoms with van der Waals surface area (Å²) in [5.41, 5.74) is 3.94. The lowest BCUT2D eigenvalue weighted by atomic mass is 9.64. The van der Waals surface area contributed by atoms with E-state index < -0.39 is 0 Å². The molecule has 0 aromatic heterocycles. The van der Waals surface area contributed by atoms with Crippen molar-refractivity contribution in [3.63, 3.8) is 0 Å². The van der Waals surface area contributed by atoms with E-state index in [2.05, 4.69) is 23.1 Å². The molecule has 0 N–H and O–H groups in total. The van der Waals surface area contributed by atoms with E-state index in [4.69, 9.17) is 14.2 Å². The fraction of sp³-hybridized carbons (Fsp3) is 0.423. The van der Waals surface area contributed by atoms with Gasteiger partial charge in [0.2, 0.25) is 0 Å². The molecule has 1 saturated carbocycles. The first-order chi connectivity index (χ1) is 15.5. The van der Waals surface area contributed by atoms with Gasteiger partial charge in [-0.3, -0.25) is 4.79 Å². The van der Waals surface area contributed by atoms with Crippen molar-refractivity contribution < 1.29 is 19.0 Å². The number of fused-ring (bicyclic) bond motifs is 2. The molecule has 6 nitrogen and oxygen atoms in total. The SMILES string of the molecule is COc1ccc(CN2COCC3(CCC3)c3cc(C(=O)/C=C/N(C)C)cc(OC)c32)cc1. The Hall–Kier alpha value is -2.99. The number of ketones is 1. The summed E-state index contributed by atoms with van der Waals surface area (Å²) in [6.07, 6.45) is 6.67. The smallest absolute Gasteiger partial charge is 0.187 e. The lowest BCUT2D eigenvalue weighted by Crippen LogP contribution is -2.38. The van der Waals surface area contributed by atoms with E-state index in [0.29, 0.717) is 25.4 Å². The summed E-state index contributed by atoms with van der Waals surface area (Å²) < 4.78 is 17.3. The van der Waals surface area contributed by atoms with Crippen LogP contribution in [0, 0.1) is 0 Å². The number of allylic oxidation sites excluding steroid dienone is 1. The quantitative estimate of drug-likeness (QED) is 0.474. The van der Waals surface area contributed by atoms with Gasteiger partial charge in [0.05, 0.1) is 26.5 Å². The van der Waals surface area contributed by atoms with Gasteiger partial charge in [-0.1, -0.05) is 18.6 Å². The molecule has 1 fully saturated rings. The van der Waals surface area contributed by atoms with Gasteiger partial charge in [-0.25, -0.2) is 0 Å². The van der Waals surface area contributed by atoms with Crippen LogP contribution >= 0.6 is 0 Å². The van der Waals surface area contributed by atoms with Crippen LogP contribution in [0.25, 0.3) is 0 Å². The van der Waals surface area contributed by atoms with Gasteiger partial charge >= 0.3 is 0 Å². The zero-order valence-electron chi connectivity index (χ0n) is 19.4. The number of anilines is 1. The summed E-state index contributed by atoms with van der Waals surface area (Å²) in [4.78, 5) is 17.0. The molecule has 0 atom stereocenters. The molecule has 2 aromatic carbocycles. The first-order valence-corrected chi connectivity index (χ1v) is 11.0. The van der Waals surface area contributed by atoms with Gasteiger partial charge in [0.25, 0.3) is 0 Å². The molecule has 1 spiro atoms. The standard InChI is InChI=1S/C26H32N2O4/c1-27(2)13-10-23(29)20-14-22-25(24(15-20)31-4)28(18-32-17-26(22)11-5-12-26)16-19-6-8-21(30-3)9-7-19/h6-10,13-15H,5,11-12,16-18H2,1-4H3/b13-10+. The maximum absolute atomic E-state index is 12.9. The number of benzene rings is 2. The third-order valence-electron chi connectivity index (χ3n) is 6.46. The summed E-state index contributed by atoms with van der Waals surface area (Å²) in [6, 6.07) is 12.0. The Labute approximate surface area is 190 Å². The third-order valence-corrected chi connectivity index (χ3v) is 6.46. The fourth-order valence-corrected chi connectivity index (χ4v) is 4.54. The Morgan fingerprint density at radius 1 is 1.16 bits per heavy atom. The van der Waals surface area contributed by atoms with Crippen LogP contribution in [0.5, 0.6) is 11.5 Å². The highest BCUT2D eigenvalue weighted by Gasteiger charge is 2.44.